The van der Waals surface area contributed by atoms with Crippen molar-refractivity contribution in [3.63, 3.8) is 0 Å². The van der Waals surface area contributed by atoms with Crippen LogP contribution in [-0.2, 0) is 0 Å². The monoisotopic (exact) mass is 256 g/mol. The van der Waals surface area contributed by atoms with Gasteiger partial charge in [-0.1, -0.05) is 48.0 Å². The van der Waals surface area contributed by atoms with E-state index in [2.05, 4.69) is 56.3 Å². The molecule has 1 atom stereocenters. The standard InChI is InChI=1S/C16H16OS/c1-11-8-12(2)15-14(9-11)16(18-10-17-15)13-6-4-3-5-7-13/h3-9,16H,10H2,1-2H3. The van der Waals surface area contributed by atoms with E-state index in [1.54, 1.807) is 0 Å². The van der Waals surface area contributed by atoms with Crippen molar-refractivity contribution in [2.45, 2.75) is 19.1 Å². The minimum atomic E-state index is 0.397. The quantitative estimate of drug-likeness (QED) is 0.744. The fourth-order valence-electron chi connectivity index (χ4n) is 2.53. The van der Waals surface area contributed by atoms with Gasteiger partial charge in [0.2, 0.25) is 0 Å². The Kier molecular flexibility index (Phi) is 3.04. The SMILES string of the molecule is Cc1cc(C)c2c(c1)C(c1ccccc1)SCO2. The van der Waals surface area contributed by atoms with Crippen LogP contribution in [0.3, 0.4) is 0 Å². The summed E-state index contributed by atoms with van der Waals surface area (Å²) in [5.74, 6) is 1.81. The number of thioether (sulfide) groups is 1. The Balaban J connectivity index is 2.12. The molecular weight excluding hydrogens is 240 g/mol. The van der Waals surface area contributed by atoms with Crippen LogP contribution >= 0.6 is 11.8 Å². The summed E-state index contributed by atoms with van der Waals surface area (Å²) >= 11 is 1.85. The molecule has 2 aromatic carbocycles. The summed E-state index contributed by atoms with van der Waals surface area (Å²) in [6, 6.07) is 15.1. The van der Waals surface area contributed by atoms with Crippen LogP contribution in [0.4, 0.5) is 0 Å². The second-order valence-electron chi connectivity index (χ2n) is 4.72. The van der Waals surface area contributed by atoms with Gasteiger partial charge >= 0.3 is 0 Å². The molecule has 0 bridgehead atoms. The van der Waals surface area contributed by atoms with Gasteiger partial charge in [0.1, 0.15) is 11.7 Å². The zero-order valence-electron chi connectivity index (χ0n) is 10.6. The van der Waals surface area contributed by atoms with E-state index in [4.69, 9.17) is 4.74 Å². The predicted molar refractivity (Wildman–Crippen MR) is 77.3 cm³/mol. The first-order valence-electron chi connectivity index (χ1n) is 6.16. The summed E-state index contributed by atoms with van der Waals surface area (Å²) < 4.78 is 5.82. The molecule has 0 aromatic heterocycles. The van der Waals surface area contributed by atoms with Gasteiger partial charge in [-0.25, -0.2) is 0 Å². The van der Waals surface area contributed by atoms with Crippen LogP contribution < -0.4 is 4.74 Å². The molecule has 2 aromatic rings. The van der Waals surface area contributed by atoms with E-state index < -0.39 is 0 Å². The van der Waals surface area contributed by atoms with Crippen LogP contribution in [0.5, 0.6) is 5.75 Å². The number of benzene rings is 2. The van der Waals surface area contributed by atoms with Gasteiger partial charge in [-0.2, -0.15) is 0 Å². The van der Waals surface area contributed by atoms with Crippen LogP contribution in [0.1, 0.15) is 27.5 Å². The molecule has 0 radical (unpaired) electrons. The van der Waals surface area contributed by atoms with E-state index >= 15 is 0 Å². The average Bonchev–Trinajstić information content (AvgIpc) is 2.39. The van der Waals surface area contributed by atoms with Crippen molar-refractivity contribution in [3.8, 4) is 5.75 Å². The molecule has 3 rings (SSSR count). The molecule has 1 unspecified atom stereocenters. The second-order valence-corrected chi connectivity index (χ2v) is 5.76. The van der Waals surface area contributed by atoms with Crippen molar-refractivity contribution >= 4 is 11.8 Å². The van der Waals surface area contributed by atoms with Crippen molar-refractivity contribution in [3.05, 3.63) is 64.7 Å². The molecule has 18 heavy (non-hydrogen) atoms. The molecule has 92 valence electrons. The predicted octanol–water partition coefficient (Wildman–Crippen LogP) is 4.48. The summed E-state index contributed by atoms with van der Waals surface area (Å²) in [5.41, 5.74) is 5.22. The fourth-order valence-corrected chi connectivity index (χ4v) is 3.56. The average molecular weight is 256 g/mol. The highest BCUT2D eigenvalue weighted by Crippen LogP contribution is 2.45. The Labute approximate surface area is 112 Å². The third kappa shape index (κ3) is 2.01. The zero-order valence-corrected chi connectivity index (χ0v) is 11.5. The lowest BCUT2D eigenvalue weighted by atomic mass is 9.98. The molecule has 0 spiro atoms. The first-order chi connectivity index (χ1) is 8.75. The van der Waals surface area contributed by atoms with Crippen molar-refractivity contribution in [1.29, 1.82) is 0 Å². The van der Waals surface area contributed by atoms with E-state index in [0.717, 1.165) is 11.7 Å². The van der Waals surface area contributed by atoms with E-state index in [1.165, 1.54) is 22.3 Å². The van der Waals surface area contributed by atoms with Gasteiger partial charge in [0.25, 0.3) is 0 Å². The molecule has 0 aliphatic carbocycles. The molecule has 0 saturated carbocycles. The van der Waals surface area contributed by atoms with Gasteiger partial charge in [-0.05, 0) is 25.0 Å². The summed E-state index contributed by atoms with van der Waals surface area (Å²) in [6.45, 7) is 4.28. The van der Waals surface area contributed by atoms with E-state index in [1.807, 2.05) is 11.8 Å². The maximum absolute atomic E-state index is 5.82. The molecule has 1 aliphatic heterocycles. The fraction of sp³-hybridized carbons (Fsp3) is 0.250. The van der Waals surface area contributed by atoms with Crippen LogP contribution in [0, 0.1) is 13.8 Å². The van der Waals surface area contributed by atoms with Gasteiger partial charge < -0.3 is 4.74 Å². The smallest absolute Gasteiger partial charge is 0.135 e. The molecule has 0 saturated heterocycles. The van der Waals surface area contributed by atoms with Crippen molar-refractivity contribution in [2.75, 3.05) is 5.94 Å². The highest BCUT2D eigenvalue weighted by molar-refractivity contribution is 7.99. The molecule has 1 aliphatic rings. The Hall–Kier alpha value is -1.41. The van der Waals surface area contributed by atoms with Crippen molar-refractivity contribution in [2.24, 2.45) is 0 Å². The molecule has 0 amide bonds. The number of hydrogen-bond acceptors (Lipinski definition) is 2. The highest BCUT2D eigenvalue weighted by atomic mass is 32.2. The third-order valence-electron chi connectivity index (χ3n) is 3.27. The second kappa shape index (κ2) is 4.69. The normalized spacial score (nSPS) is 18.0. The maximum Gasteiger partial charge on any atom is 0.135 e. The lowest BCUT2D eigenvalue weighted by Gasteiger charge is -2.27. The number of aryl methyl sites for hydroxylation is 2. The molecule has 0 N–H and O–H groups in total. The molecule has 2 heteroatoms. The third-order valence-corrected chi connectivity index (χ3v) is 4.38. The Morgan fingerprint density at radius 1 is 1.11 bits per heavy atom. The van der Waals surface area contributed by atoms with Crippen LogP contribution in [0.15, 0.2) is 42.5 Å². The van der Waals surface area contributed by atoms with Gasteiger partial charge in [0.15, 0.2) is 0 Å². The highest BCUT2D eigenvalue weighted by Gasteiger charge is 2.24. The summed E-state index contributed by atoms with van der Waals surface area (Å²) in [7, 11) is 0. The van der Waals surface area contributed by atoms with Gasteiger partial charge in [0, 0.05) is 5.56 Å². The van der Waals surface area contributed by atoms with E-state index in [9.17, 15) is 0 Å². The molecule has 1 nitrogen and oxygen atoms in total. The lowest BCUT2D eigenvalue weighted by Crippen LogP contribution is -2.11. The van der Waals surface area contributed by atoms with Crippen LogP contribution in [0.25, 0.3) is 0 Å². The molecule has 1 heterocycles. The lowest BCUT2D eigenvalue weighted by molar-refractivity contribution is 0.378. The van der Waals surface area contributed by atoms with Crippen LogP contribution in [-0.4, -0.2) is 5.94 Å². The Morgan fingerprint density at radius 2 is 1.89 bits per heavy atom. The number of rotatable bonds is 1. The topological polar surface area (TPSA) is 9.23 Å². The molecular formula is C16H16OS. The van der Waals surface area contributed by atoms with Crippen LogP contribution in [0.2, 0.25) is 0 Å². The summed E-state index contributed by atoms with van der Waals surface area (Å²) in [6.07, 6.45) is 0. The van der Waals surface area contributed by atoms with Gasteiger partial charge in [0.05, 0.1) is 5.25 Å². The van der Waals surface area contributed by atoms with Crippen molar-refractivity contribution in [1.82, 2.24) is 0 Å². The van der Waals surface area contributed by atoms with Gasteiger partial charge in [-0.15, -0.1) is 11.8 Å². The zero-order chi connectivity index (χ0) is 12.5. The largest absolute Gasteiger partial charge is 0.482 e. The van der Waals surface area contributed by atoms with Gasteiger partial charge in [-0.3, -0.25) is 0 Å². The minimum absolute atomic E-state index is 0.397. The van der Waals surface area contributed by atoms with E-state index in [0.29, 0.717) is 5.25 Å². The first-order valence-corrected chi connectivity index (χ1v) is 7.21. The van der Waals surface area contributed by atoms with Crippen molar-refractivity contribution < 1.29 is 4.74 Å². The Bertz CT molecular complexity index is 563. The maximum atomic E-state index is 5.82. The number of hydrogen-bond donors (Lipinski definition) is 0. The number of ether oxygens (including phenoxy) is 1. The first kappa shape index (κ1) is 11.7. The summed E-state index contributed by atoms with van der Waals surface area (Å²) in [5, 5.41) is 0.397. The number of fused-ring (bicyclic) bond motifs is 1. The minimum Gasteiger partial charge on any atom is -0.482 e. The summed E-state index contributed by atoms with van der Waals surface area (Å²) in [4.78, 5) is 0. The Morgan fingerprint density at radius 3 is 2.67 bits per heavy atom. The molecule has 0 fully saturated rings. The van der Waals surface area contributed by atoms with E-state index in [-0.39, 0.29) is 0 Å².